The molecule has 0 bridgehead atoms. The van der Waals surface area contributed by atoms with Gasteiger partial charge in [-0.3, -0.25) is 4.79 Å². The van der Waals surface area contributed by atoms with Gasteiger partial charge in [-0.05, 0) is 43.2 Å². The molecule has 0 radical (unpaired) electrons. The lowest BCUT2D eigenvalue weighted by atomic mass is 9.99. The van der Waals surface area contributed by atoms with Crippen LogP contribution in [0, 0.1) is 0 Å². The van der Waals surface area contributed by atoms with Gasteiger partial charge in [0.2, 0.25) is 0 Å². The lowest BCUT2D eigenvalue weighted by Crippen LogP contribution is -2.23. The zero-order valence-electron chi connectivity index (χ0n) is 16.1. The molecule has 0 aromatic heterocycles. The van der Waals surface area contributed by atoms with E-state index < -0.39 is 18.2 Å². The molecule has 2 atom stereocenters. The third-order valence-electron chi connectivity index (χ3n) is 4.48. The number of carbonyl (C=O) groups excluding carboxylic acids is 2. The molecule has 1 aliphatic heterocycles. The Kier molecular flexibility index (Phi) is 5.64. The topological polar surface area (TPSA) is 61.8 Å². The van der Waals surface area contributed by atoms with Gasteiger partial charge in [-0.1, -0.05) is 36.9 Å². The predicted octanol–water partition coefficient (Wildman–Crippen LogP) is 4.53. The molecular formula is C23H22O5. The summed E-state index contributed by atoms with van der Waals surface area (Å²) in [5.74, 6) is 0.260. The molecule has 28 heavy (non-hydrogen) atoms. The summed E-state index contributed by atoms with van der Waals surface area (Å²) in [7, 11) is 1.50. The summed E-state index contributed by atoms with van der Waals surface area (Å²) in [6, 6.07) is 12.8. The summed E-state index contributed by atoms with van der Waals surface area (Å²) in [5.41, 5.74) is 2.65. The third-order valence-corrected chi connectivity index (χ3v) is 4.48. The standard InChI is InChI=1S/C23H22O5/c1-14(2)21-23(27-20(25)11-10-16-8-6-5-7-9-16)18-12-17(15(3)24)13-19(26-4)22(18)28-21/h5-13,21,23H,1H2,2-4H3/t21-,23+/m0/s1. The van der Waals surface area contributed by atoms with E-state index >= 15 is 0 Å². The first-order valence-corrected chi connectivity index (χ1v) is 8.89. The van der Waals surface area contributed by atoms with Gasteiger partial charge in [0.05, 0.1) is 7.11 Å². The minimum absolute atomic E-state index is 0.117. The normalized spacial score (nSPS) is 17.7. The van der Waals surface area contributed by atoms with Crippen molar-refractivity contribution < 1.29 is 23.8 Å². The molecule has 5 heteroatoms. The van der Waals surface area contributed by atoms with Crippen LogP contribution >= 0.6 is 0 Å². The fourth-order valence-electron chi connectivity index (χ4n) is 3.05. The lowest BCUT2D eigenvalue weighted by Gasteiger charge is -2.19. The van der Waals surface area contributed by atoms with Gasteiger partial charge < -0.3 is 14.2 Å². The van der Waals surface area contributed by atoms with Crippen LogP contribution < -0.4 is 9.47 Å². The van der Waals surface area contributed by atoms with Crippen molar-refractivity contribution in [2.24, 2.45) is 0 Å². The SMILES string of the molecule is C=C(C)[C@@H]1Oc2c(OC)cc(C(C)=O)cc2[C@H]1OC(=O)C=Cc1ccccc1. The minimum Gasteiger partial charge on any atom is -0.493 e. The van der Waals surface area contributed by atoms with Gasteiger partial charge in [0, 0.05) is 17.2 Å². The summed E-state index contributed by atoms with van der Waals surface area (Å²) in [6.07, 6.45) is 1.78. The van der Waals surface area contributed by atoms with Gasteiger partial charge in [0.1, 0.15) is 0 Å². The number of ether oxygens (including phenoxy) is 3. The van der Waals surface area contributed by atoms with Crippen LogP contribution in [0.25, 0.3) is 6.08 Å². The predicted molar refractivity (Wildman–Crippen MR) is 107 cm³/mol. The highest BCUT2D eigenvalue weighted by molar-refractivity contribution is 5.95. The molecule has 144 valence electrons. The van der Waals surface area contributed by atoms with E-state index in [0.29, 0.717) is 28.2 Å². The maximum atomic E-state index is 12.4. The van der Waals surface area contributed by atoms with Crippen molar-refractivity contribution in [2.45, 2.75) is 26.1 Å². The van der Waals surface area contributed by atoms with Crippen LogP contribution in [0.3, 0.4) is 0 Å². The number of benzene rings is 2. The number of fused-ring (bicyclic) bond motifs is 1. The highest BCUT2D eigenvalue weighted by Gasteiger charge is 2.40. The number of Topliss-reactive ketones (excluding diaryl/α,β-unsaturated/α-hetero) is 1. The van der Waals surface area contributed by atoms with Gasteiger partial charge >= 0.3 is 5.97 Å². The monoisotopic (exact) mass is 378 g/mol. The second-order valence-electron chi connectivity index (χ2n) is 6.64. The largest absolute Gasteiger partial charge is 0.493 e. The van der Waals surface area contributed by atoms with E-state index in [4.69, 9.17) is 14.2 Å². The van der Waals surface area contributed by atoms with E-state index in [9.17, 15) is 9.59 Å². The highest BCUT2D eigenvalue weighted by Crippen LogP contribution is 2.47. The van der Waals surface area contributed by atoms with Crippen molar-refractivity contribution in [2.75, 3.05) is 7.11 Å². The molecule has 1 heterocycles. The molecule has 0 unspecified atom stereocenters. The second-order valence-corrected chi connectivity index (χ2v) is 6.64. The maximum absolute atomic E-state index is 12.4. The first-order chi connectivity index (χ1) is 13.4. The van der Waals surface area contributed by atoms with Crippen molar-refractivity contribution in [3.8, 4) is 11.5 Å². The van der Waals surface area contributed by atoms with Gasteiger partial charge in [-0.2, -0.15) is 0 Å². The maximum Gasteiger partial charge on any atom is 0.331 e. The van der Waals surface area contributed by atoms with Gasteiger partial charge in [-0.25, -0.2) is 4.79 Å². The third kappa shape index (κ3) is 3.98. The molecule has 2 aromatic rings. The van der Waals surface area contributed by atoms with Crippen LogP contribution in [0.15, 0.2) is 60.7 Å². The molecule has 0 saturated heterocycles. The van der Waals surface area contributed by atoms with Gasteiger partial charge in [0.25, 0.3) is 0 Å². The van der Waals surface area contributed by atoms with E-state index in [1.54, 1.807) is 25.1 Å². The number of carbonyl (C=O) groups is 2. The Morgan fingerprint density at radius 1 is 1.14 bits per heavy atom. The van der Waals surface area contributed by atoms with E-state index in [2.05, 4.69) is 6.58 Å². The molecule has 0 spiro atoms. The van der Waals surface area contributed by atoms with Crippen molar-refractivity contribution in [3.63, 3.8) is 0 Å². The zero-order valence-corrected chi connectivity index (χ0v) is 16.1. The molecule has 0 aliphatic carbocycles. The zero-order chi connectivity index (χ0) is 20.3. The molecule has 2 aromatic carbocycles. The Balaban J connectivity index is 1.92. The summed E-state index contributed by atoms with van der Waals surface area (Å²) in [6.45, 7) is 7.21. The van der Waals surface area contributed by atoms with Crippen molar-refractivity contribution >= 4 is 17.8 Å². The first-order valence-electron chi connectivity index (χ1n) is 8.89. The molecular weight excluding hydrogens is 356 g/mol. The highest BCUT2D eigenvalue weighted by atomic mass is 16.6. The van der Waals surface area contributed by atoms with E-state index in [1.807, 2.05) is 30.3 Å². The van der Waals surface area contributed by atoms with Crippen LogP contribution in [0.1, 0.15) is 41.4 Å². The Morgan fingerprint density at radius 3 is 2.46 bits per heavy atom. The Hall–Kier alpha value is -3.34. The number of ketones is 1. The second kappa shape index (κ2) is 8.13. The average molecular weight is 378 g/mol. The molecule has 0 amide bonds. The summed E-state index contributed by atoms with van der Waals surface area (Å²) in [5, 5.41) is 0. The first kappa shape index (κ1) is 19.4. The quantitative estimate of drug-likeness (QED) is 0.320. The summed E-state index contributed by atoms with van der Waals surface area (Å²) in [4.78, 5) is 24.3. The summed E-state index contributed by atoms with van der Waals surface area (Å²) >= 11 is 0. The molecule has 3 rings (SSSR count). The Bertz CT molecular complexity index is 943. The van der Waals surface area contributed by atoms with E-state index in [0.717, 1.165) is 5.56 Å². The lowest BCUT2D eigenvalue weighted by molar-refractivity contribution is -0.145. The molecule has 0 saturated carbocycles. The van der Waals surface area contributed by atoms with Crippen molar-refractivity contribution in [3.05, 3.63) is 77.4 Å². The molecule has 1 aliphatic rings. The summed E-state index contributed by atoms with van der Waals surface area (Å²) < 4.78 is 17.0. The molecule has 0 N–H and O–H groups in total. The van der Waals surface area contributed by atoms with Crippen LogP contribution in [-0.4, -0.2) is 25.0 Å². The minimum atomic E-state index is -0.714. The van der Waals surface area contributed by atoms with Gasteiger partial charge in [0.15, 0.2) is 29.5 Å². The molecule has 5 nitrogen and oxygen atoms in total. The smallest absolute Gasteiger partial charge is 0.331 e. The van der Waals surface area contributed by atoms with Crippen LogP contribution in [0.4, 0.5) is 0 Å². The van der Waals surface area contributed by atoms with Gasteiger partial charge in [-0.15, -0.1) is 0 Å². The number of methoxy groups -OCH3 is 1. The van der Waals surface area contributed by atoms with E-state index in [1.165, 1.54) is 20.1 Å². The Morgan fingerprint density at radius 2 is 1.86 bits per heavy atom. The number of rotatable bonds is 6. The van der Waals surface area contributed by atoms with Crippen LogP contribution in [-0.2, 0) is 9.53 Å². The van der Waals surface area contributed by atoms with Crippen molar-refractivity contribution in [1.82, 2.24) is 0 Å². The molecule has 0 fully saturated rings. The van der Waals surface area contributed by atoms with E-state index in [-0.39, 0.29) is 5.78 Å². The Labute approximate surface area is 164 Å². The van der Waals surface area contributed by atoms with Crippen LogP contribution in [0.2, 0.25) is 0 Å². The fraction of sp³-hybridized carbons (Fsp3) is 0.217. The van der Waals surface area contributed by atoms with Crippen molar-refractivity contribution in [1.29, 1.82) is 0 Å². The number of esters is 1. The average Bonchev–Trinajstić information content (AvgIpc) is 3.05. The number of hydrogen-bond donors (Lipinski definition) is 0. The fourth-order valence-corrected chi connectivity index (χ4v) is 3.05. The number of hydrogen-bond acceptors (Lipinski definition) is 5. The van der Waals surface area contributed by atoms with Crippen LogP contribution in [0.5, 0.6) is 11.5 Å².